The van der Waals surface area contributed by atoms with Crippen molar-refractivity contribution in [1.29, 1.82) is 0 Å². The fraction of sp³-hybridized carbons (Fsp3) is 0.440. The summed E-state index contributed by atoms with van der Waals surface area (Å²) in [6.45, 7) is 7.67. The highest BCUT2D eigenvalue weighted by Crippen LogP contribution is 2.19. The van der Waals surface area contributed by atoms with Crippen LogP contribution in [0.1, 0.15) is 43.4 Å². The van der Waals surface area contributed by atoms with Gasteiger partial charge in [-0.1, -0.05) is 54.3 Å². The van der Waals surface area contributed by atoms with Gasteiger partial charge in [-0.2, -0.15) is 0 Å². The zero-order valence-electron chi connectivity index (χ0n) is 17.4. The number of rotatable bonds is 5. The summed E-state index contributed by atoms with van der Waals surface area (Å²) in [5.41, 5.74) is 2.70. The average Bonchev–Trinajstić information content (AvgIpc) is 2.68. The molecule has 1 N–H and O–H groups in total. The van der Waals surface area contributed by atoms with Crippen LogP contribution in [0.5, 0.6) is 0 Å². The van der Waals surface area contributed by atoms with Crippen molar-refractivity contribution in [3.8, 4) is 11.8 Å². The van der Waals surface area contributed by atoms with Gasteiger partial charge < -0.3 is 5.11 Å². The molecule has 0 aromatic heterocycles. The summed E-state index contributed by atoms with van der Waals surface area (Å²) in [5.74, 6) is 5.91. The molecule has 0 bridgehead atoms. The third-order valence-electron chi connectivity index (χ3n) is 5.25. The lowest BCUT2D eigenvalue weighted by molar-refractivity contribution is 0.107. The number of piperidine rings is 1. The zero-order valence-corrected chi connectivity index (χ0v) is 17.4. The molecule has 3 rings (SSSR count). The Bertz CT molecular complexity index is 796. The second-order valence-corrected chi connectivity index (χ2v) is 8.44. The lowest BCUT2D eigenvalue weighted by atomic mass is 10.0. The van der Waals surface area contributed by atoms with Crippen LogP contribution in [-0.2, 0) is 13.1 Å². The highest BCUT2D eigenvalue weighted by molar-refractivity contribution is 5.37. The summed E-state index contributed by atoms with van der Waals surface area (Å²) in [5, 5.41) is 9.73. The van der Waals surface area contributed by atoms with E-state index in [4.69, 9.17) is 0 Å². The lowest BCUT2D eigenvalue weighted by Crippen LogP contribution is -2.45. The van der Waals surface area contributed by atoms with Gasteiger partial charge in [0.05, 0.1) is 0 Å². The van der Waals surface area contributed by atoms with Crippen molar-refractivity contribution in [3.63, 3.8) is 0 Å². The Hall–Kier alpha value is -2.12. The third kappa shape index (κ3) is 6.49. The average molecular weight is 377 g/mol. The second kappa shape index (κ2) is 9.39. The SMILES string of the molecule is CN(Cc1ccccc1)[C@H]1CCCN(Cc2ccc(C#CC(C)(C)O)cc2)C1. The Morgan fingerprint density at radius 2 is 1.79 bits per heavy atom. The molecule has 1 saturated heterocycles. The minimum atomic E-state index is -0.951. The predicted octanol–water partition coefficient (Wildman–Crippen LogP) is 3.91. The fourth-order valence-corrected chi connectivity index (χ4v) is 3.71. The van der Waals surface area contributed by atoms with Gasteiger partial charge in [-0.15, -0.1) is 0 Å². The van der Waals surface area contributed by atoms with Crippen molar-refractivity contribution in [1.82, 2.24) is 9.80 Å². The van der Waals surface area contributed by atoms with Gasteiger partial charge in [-0.3, -0.25) is 9.80 Å². The Kier molecular flexibility index (Phi) is 6.91. The van der Waals surface area contributed by atoms with E-state index in [1.165, 1.54) is 24.0 Å². The maximum Gasteiger partial charge on any atom is 0.120 e. The molecule has 2 aromatic rings. The molecule has 1 heterocycles. The van der Waals surface area contributed by atoms with Crippen molar-refractivity contribution < 1.29 is 5.11 Å². The first kappa shape index (κ1) is 20.6. The van der Waals surface area contributed by atoms with Gasteiger partial charge in [0.25, 0.3) is 0 Å². The van der Waals surface area contributed by atoms with Crippen LogP contribution in [0.15, 0.2) is 54.6 Å². The molecule has 0 spiro atoms. The molecule has 148 valence electrons. The van der Waals surface area contributed by atoms with Gasteiger partial charge in [0, 0.05) is 31.2 Å². The fourth-order valence-electron chi connectivity index (χ4n) is 3.71. The van der Waals surface area contributed by atoms with Crippen LogP contribution in [0.4, 0.5) is 0 Å². The molecule has 0 saturated carbocycles. The summed E-state index contributed by atoms with van der Waals surface area (Å²) >= 11 is 0. The Labute approximate surface area is 170 Å². The largest absolute Gasteiger partial charge is 0.378 e. The number of hydrogen-bond acceptors (Lipinski definition) is 3. The number of likely N-dealkylation sites (tertiary alicyclic amines) is 1. The third-order valence-corrected chi connectivity index (χ3v) is 5.25. The molecular weight excluding hydrogens is 344 g/mol. The predicted molar refractivity (Wildman–Crippen MR) is 116 cm³/mol. The quantitative estimate of drug-likeness (QED) is 0.802. The van der Waals surface area contributed by atoms with Crippen LogP contribution in [0.25, 0.3) is 0 Å². The minimum absolute atomic E-state index is 0.603. The molecule has 3 nitrogen and oxygen atoms in total. The van der Waals surface area contributed by atoms with Crippen LogP contribution >= 0.6 is 0 Å². The molecule has 1 aliphatic heterocycles. The van der Waals surface area contributed by atoms with Crippen LogP contribution in [0, 0.1) is 11.8 Å². The molecule has 0 radical (unpaired) electrons. The first-order valence-corrected chi connectivity index (χ1v) is 10.2. The number of aliphatic hydroxyl groups is 1. The molecule has 1 fully saturated rings. The molecule has 1 aliphatic rings. The van der Waals surface area contributed by atoms with Crippen LogP contribution in [0.2, 0.25) is 0 Å². The molecule has 2 aromatic carbocycles. The first-order valence-electron chi connectivity index (χ1n) is 10.2. The second-order valence-electron chi connectivity index (χ2n) is 8.44. The highest BCUT2D eigenvalue weighted by Gasteiger charge is 2.23. The van der Waals surface area contributed by atoms with Crippen molar-refractivity contribution in [2.24, 2.45) is 0 Å². The van der Waals surface area contributed by atoms with E-state index >= 15 is 0 Å². The summed E-state index contributed by atoms with van der Waals surface area (Å²) in [4.78, 5) is 5.06. The van der Waals surface area contributed by atoms with Gasteiger partial charge in [0.1, 0.15) is 5.60 Å². The Morgan fingerprint density at radius 3 is 2.46 bits per heavy atom. The minimum Gasteiger partial charge on any atom is -0.378 e. The summed E-state index contributed by atoms with van der Waals surface area (Å²) in [6, 6.07) is 19.8. The van der Waals surface area contributed by atoms with E-state index in [0.717, 1.165) is 31.7 Å². The van der Waals surface area contributed by atoms with Crippen molar-refractivity contribution >= 4 is 0 Å². The summed E-state index contributed by atoms with van der Waals surface area (Å²) in [6.07, 6.45) is 2.52. The van der Waals surface area contributed by atoms with E-state index < -0.39 is 5.60 Å². The molecule has 0 amide bonds. The van der Waals surface area contributed by atoms with Gasteiger partial charge >= 0.3 is 0 Å². The van der Waals surface area contributed by atoms with Crippen LogP contribution in [-0.4, -0.2) is 46.7 Å². The standard InChI is InChI=1S/C25H32N2O/c1-25(2,28)16-15-21-11-13-23(14-12-21)19-27-17-7-10-24(20-27)26(3)18-22-8-5-4-6-9-22/h4-6,8-9,11-14,24,28H,7,10,17-20H2,1-3H3/t24-/m0/s1. The molecule has 3 heteroatoms. The molecule has 28 heavy (non-hydrogen) atoms. The molecule has 0 aliphatic carbocycles. The number of hydrogen-bond donors (Lipinski definition) is 1. The Balaban J connectivity index is 1.55. The van der Waals surface area contributed by atoms with E-state index in [-0.39, 0.29) is 0 Å². The Morgan fingerprint density at radius 1 is 1.07 bits per heavy atom. The molecular formula is C25H32N2O. The number of benzene rings is 2. The number of likely N-dealkylation sites (N-methyl/N-ethyl adjacent to an activating group) is 1. The highest BCUT2D eigenvalue weighted by atomic mass is 16.3. The van der Waals surface area contributed by atoms with Crippen molar-refractivity contribution in [3.05, 3.63) is 71.3 Å². The van der Waals surface area contributed by atoms with Gasteiger partial charge in [-0.05, 0) is 63.5 Å². The zero-order chi connectivity index (χ0) is 20.0. The van der Waals surface area contributed by atoms with Crippen LogP contribution in [0.3, 0.4) is 0 Å². The van der Waals surface area contributed by atoms with Crippen molar-refractivity contribution in [2.45, 2.75) is 51.4 Å². The summed E-state index contributed by atoms with van der Waals surface area (Å²) < 4.78 is 0. The van der Waals surface area contributed by atoms with Gasteiger partial charge in [0.15, 0.2) is 0 Å². The van der Waals surface area contributed by atoms with Crippen molar-refractivity contribution in [2.75, 3.05) is 20.1 Å². The van der Waals surface area contributed by atoms with E-state index in [0.29, 0.717) is 6.04 Å². The van der Waals surface area contributed by atoms with E-state index in [2.05, 4.69) is 83.3 Å². The van der Waals surface area contributed by atoms with E-state index in [9.17, 15) is 5.11 Å². The molecule has 0 unspecified atom stereocenters. The maximum absolute atomic E-state index is 9.73. The maximum atomic E-state index is 9.73. The van der Waals surface area contributed by atoms with Gasteiger partial charge in [-0.25, -0.2) is 0 Å². The summed E-state index contributed by atoms with van der Waals surface area (Å²) in [7, 11) is 2.25. The topological polar surface area (TPSA) is 26.7 Å². The smallest absolute Gasteiger partial charge is 0.120 e. The lowest BCUT2D eigenvalue weighted by Gasteiger charge is -2.37. The number of nitrogens with zero attached hydrogens (tertiary/aromatic N) is 2. The van der Waals surface area contributed by atoms with Gasteiger partial charge in [0.2, 0.25) is 0 Å². The molecule has 1 atom stereocenters. The normalized spacial score (nSPS) is 18.0. The van der Waals surface area contributed by atoms with Crippen LogP contribution < -0.4 is 0 Å². The van der Waals surface area contributed by atoms with E-state index in [1.807, 2.05) is 0 Å². The monoisotopic (exact) mass is 376 g/mol. The first-order chi connectivity index (χ1) is 13.4. The van der Waals surface area contributed by atoms with E-state index in [1.54, 1.807) is 13.8 Å².